The Kier molecular flexibility index (Phi) is 5.86. The molecular weight excluding hydrogens is 340 g/mol. The highest BCUT2D eigenvalue weighted by molar-refractivity contribution is 7.12. The first-order valence-corrected chi connectivity index (χ1v) is 7.86. The van der Waals surface area contributed by atoms with Crippen LogP contribution < -0.4 is 4.74 Å². The van der Waals surface area contributed by atoms with Crippen molar-refractivity contribution in [1.82, 2.24) is 4.90 Å². The summed E-state index contributed by atoms with van der Waals surface area (Å²) in [5, 5.41) is 10.5. The number of carbonyl (C=O) groups excluding carboxylic acids is 1. The number of carboxylic acids is 1. The van der Waals surface area contributed by atoms with E-state index in [1.165, 1.54) is 18.1 Å². The molecule has 2 aromatic rings. The van der Waals surface area contributed by atoms with Gasteiger partial charge in [-0.05, 0) is 29.1 Å². The van der Waals surface area contributed by atoms with Gasteiger partial charge < -0.3 is 14.7 Å². The van der Waals surface area contributed by atoms with Crippen molar-refractivity contribution in [1.29, 1.82) is 0 Å². The lowest BCUT2D eigenvalue weighted by Gasteiger charge is -2.22. The smallest absolute Gasteiger partial charge is 0.305 e. The van der Waals surface area contributed by atoms with Gasteiger partial charge in [-0.3, -0.25) is 9.59 Å². The molecule has 8 heteroatoms. The third kappa shape index (κ3) is 4.29. The molecule has 24 heavy (non-hydrogen) atoms. The van der Waals surface area contributed by atoms with Crippen LogP contribution in [0.25, 0.3) is 0 Å². The normalized spacial score (nSPS) is 10.5. The summed E-state index contributed by atoms with van der Waals surface area (Å²) in [6.45, 7) is -0.0986. The highest BCUT2D eigenvalue weighted by Gasteiger charge is 2.22. The summed E-state index contributed by atoms with van der Waals surface area (Å²) in [6.07, 6.45) is -0.261. The molecule has 1 heterocycles. The van der Waals surface area contributed by atoms with Gasteiger partial charge in [0.05, 0.1) is 13.5 Å². The van der Waals surface area contributed by atoms with E-state index in [0.717, 1.165) is 23.5 Å². The van der Waals surface area contributed by atoms with Crippen molar-refractivity contribution in [3.63, 3.8) is 0 Å². The van der Waals surface area contributed by atoms with E-state index in [1.54, 1.807) is 11.4 Å². The van der Waals surface area contributed by atoms with Crippen molar-refractivity contribution in [3.8, 4) is 5.75 Å². The fraction of sp³-hybridized carbons (Fsp3) is 0.250. The van der Waals surface area contributed by atoms with E-state index in [9.17, 15) is 18.4 Å². The highest BCUT2D eigenvalue weighted by Crippen LogP contribution is 2.26. The van der Waals surface area contributed by atoms with E-state index in [2.05, 4.69) is 0 Å². The minimum absolute atomic E-state index is 0.0373. The number of hydrogen-bond acceptors (Lipinski definition) is 4. The fourth-order valence-corrected chi connectivity index (χ4v) is 2.92. The molecular formula is C16H15F2NO4S. The Bertz CT molecular complexity index is 747. The number of benzene rings is 1. The lowest BCUT2D eigenvalue weighted by atomic mass is 10.2. The number of amides is 1. The monoisotopic (exact) mass is 355 g/mol. The lowest BCUT2D eigenvalue weighted by molar-refractivity contribution is -0.137. The molecule has 0 fully saturated rings. The standard InChI is InChI=1S/C16H15F2NO4S/c1-23-13-5-7-24-15(13)16(22)19(6-4-14(20)21)9-10-2-3-11(17)12(18)8-10/h2-3,5,7-8H,4,6,9H2,1H3,(H,20,21). The summed E-state index contributed by atoms with van der Waals surface area (Å²) in [5.74, 6) is -3.10. The first kappa shape index (κ1) is 17.9. The van der Waals surface area contributed by atoms with Gasteiger partial charge in [-0.25, -0.2) is 8.78 Å². The Morgan fingerprint density at radius 3 is 2.62 bits per heavy atom. The predicted octanol–water partition coefficient (Wildman–Crippen LogP) is 3.15. The van der Waals surface area contributed by atoms with Gasteiger partial charge in [-0.15, -0.1) is 11.3 Å². The maximum absolute atomic E-state index is 13.3. The van der Waals surface area contributed by atoms with E-state index in [0.29, 0.717) is 16.2 Å². The van der Waals surface area contributed by atoms with E-state index >= 15 is 0 Å². The summed E-state index contributed by atoms with van der Waals surface area (Å²) in [5.41, 5.74) is 0.364. The van der Waals surface area contributed by atoms with Crippen molar-refractivity contribution in [2.45, 2.75) is 13.0 Å². The van der Waals surface area contributed by atoms with Gasteiger partial charge in [0.2, 0.25) is 0 Å². The number of ether oxygens (including phenoxy) is 1. The second kappa shape index (κ2) is 7.87. The van der Waals surface area contributed by atoms with Crippen molar-refractivity contribution >= 4 is 23.2 Å². The summed E-state index contributed by atoms with van der Waals surface area (Å²) >= 11 is 1.16. The van der Waals surface area contributed by atoms with Crippen LogP contribution >= 0.6 is 11.3 Å². The molecule has 0 aliphatic rings. The molecule has 0 saturated heterocycles. The SMILES string of the molecule is COc1ccsc1C(=O)N(CCC(=O)O)Cc1ccc(F)c(F)c1. The van der Waals surface area contributed by atoms with Crippen molar-refractivity contribution in [2.75, 3.05) is 13.7 Å². The fourth-order valence-electron chi connectivity index (χ4n) is 2.10. The van der Waals surface area contributed by atoms with Crippen LogP contribution in [0.2, 0.25) is 0 Å². The predicted molar refractivity (Wildman–Crippen MR) is 84.2 cm³/mol. The summed E-state index contributed by atoms with van der Waals surface area (Å²) in [4.78, 5) is 25.1. The van der Waals surface area contributed by atoms with Gasteiger partial charge in [0.15, 0.2) is 11.6 Å². The third-order valence-corrected chi connectivity index (χ3v) is 4.17. The van der Waals surface area contributed by atoms with Gasteiger partial charge in [0.25, 0.3) is 5.91 Å². The molecule has 0 unspecified atom stereocenters. The maximum Gasteiger partial charge on any atom is 0.305 e. The molecule has 0 radical (unpaired) electrons. The van der Waals surface area contributed by atoms with Crippen LogP contribution in [0, 0.1) is 11.6 Å². The summed E-state index contributed by atoms with van der Waals surface area (Å²) < 4.78 is 31.5. The molecule has 1 aromatic heterocycles. The molecule has 0 saturated carbocycles. The Morgan fingerprint density at radius 2 is 2.00 bits per heavy atom. The largest absolute Gasteiger partial charge is 0.495 e. The Hall–Kier alpha value is -2.48. The van der Waals surface area contributed by atoms with E-state index < -0.39 is 23.5 Å². The highest BCUT2D eigenvalue weighted by atomic mass is 32.1. The van der Waals surface area contributed by atoms with Crippen LogP contribution in [0.15, 0.2) is 29.6 Å². The Balaban J connectivity index is 2.24. The van der Waals surface area contributed by atoms with Crippen LogP contribution in [0.3, 0.4) is 0 Å². The second-order valence-electron chi connectivity index (χ2n) is 4.94. The second-order valence-corrected chi connectivity index (χ2v) is 5.85. The zero-order chi connectivity index (χ0) is 17.7. The van der Waals surface area contributed by atoms with E-state index in [-0.39, 0.29) is 19.5 Å². The van der Waals surface area contributed by atoms with Gasteiger partial charge in [0, 0.05) is 13.1 Å². The number of halogens is 2. The lowest BCUT2D eigenvalue weighted by Crippen LogP contribution is -2.32. The zero-order valence-corrected chi connectivity index (χ0v) is 13.6. The number of rotatable bonds is 7. The molecule has 0 aliphatic carbocycles. The van der Waals surface area contributed by atoms with Crippen molar-refractivity contribution < 1.29 is 28.2 Å². The number of methoxy groups -OCH3 is 1. The molecule has 0 spiro atoms. The molecule has 0 aliphatic heterocycles. The quantitative estimate of drug-likeness (QED) is 0.829. The number of carbonyl (C=O) groups is 2. The number of thiophene rings is 1. The van der Waals surface area contributed by atoms with Crippen molar-refractivity contribution in [2.24, 2.45) is 0 Å². The zero-order valence-electron chi connectivity index (χ0n) is 12.8. The number of hydrogen-bond donors (Lipinski definition) is 1. The van der Waals surface area contributed by atoms with Gasteiger partial charge >= 0.3 is 5.97 Å². The summed E-state index contributed by atoms with van der Waals surface area (Å²) in [6, 6.07) is 4.94. The summed E-state index contributed by atoms with van der Waals surface area (Å²) in [7, 11) is 1.43. The average molecular weight is 355 g/mol. The van der Waals surface area contributed by atoms with Crippen LogP contribution in [0.4, 0.5) is 8.78 Å². The minimum Gasteiger partial charge on any atom is -0.495 e. The van der Waals surface area contributed by atoms with Gasteiger partial charge in [-0.2, -0.15) is 0 Å². The number of carboxylic acid groups (broad SMARTS) is 1. The minimum atomic E-state index is -1.06. The van der Waals surface area contributed by atoms with Crippen LogP contribution in [-0.4, -0.2) is 35.5 Å². The molecule has 1 N–H and O–H groups in total. The number of nitrogens with zero attached hydrogens (tertiary/aromatic N) is 1. The molecule has 2 rings (SSSR count). The van der Waals surface area contributed by atoms with Crippen LogP contribution in [0.5, 0.6) is 5.75 Å². The number of aliphatic carboxylic acids is 1. The average Bonchev–Trinajstić information content (AvgIpc) is 3.02. The topological polar surface area (TPSA) is 66.8 Å². The van der Waals surface area contributed by atoms with E-state index in [1.807, 2.05) is 0 Å². The first-order valence-electron chi connectivity index (χ1n) is 6.99. The third-order valence-electron chi connectivity index (χ3n) is 3.28. The molecule has 0 atom stereocenters. The Morgan fingerprint density at radius 1 is 1.25 bits per heavy atom. The Labute approximate surface area is 141 Å². The van der Waals surface area contributed by atoms with Crippen LogP contribution in [-0.2, 0) is 11.3 Å². The molecule has 1 amide bonds. The van der Waals surface area contributed by atoms with Crippen molar-refractivity contribution in [3.05, 3.63) is 51.7 Å². The van der Waals surface area contributed by atoms with Gasteiger partial charge in [0.1, 0.15) is 10.6 Å². The van der Waals surface area contributed by atoms with E-state index in [4.69, 9.17) is 9.84 Å². The van der Waals surface area contributed by atoms with Gasteiger partial charge in [-0.1, -0.05) is 6.07 Å². The first-order chi connectivity index (χ1) is 11.4. The van der Waals surface area contributed by atoms with Crippen LogP contribution in [0.1, 0.15) is 21.7 Å². The maximum atomic E-state index is 13.3. The molecule has 128 valence electrons. The molecule has 5 nitrogen and oxygen atoms in total. The molecule has 0 bridgehead atoms. The molecule has 1 aromatic carbocycles.